The van der Waals surface area contributed by atoms with Gasteiger partial charge in [-0.1, -0.05) is 42.6 Å². The van der Waals surface area contributed by atoms with Crippen LogP contribution in [0.3, 0.4) is 0 Å². The van der Waals surface area contributed by atoms with Crippen molar-refractivity contribution in [2.45, 2.75) is 57.7 Å². The summed E-state index contributed by atoms with van der Waals surface area (Å²) in [6.07, 6.45) is 4.14. The summed E-state index contributed by atoms with van der Waals surface area (Å²) in [7, 11) is 2.08. The van der Waals surface area contributed by atoms with E-state index in [4.69, 9.17) is 0 Å². The van der Waals surface area contributed by atoms with Crippen molar-refractivity contribution < 1.29 is 5.11 Å². The smallest absolute Gasteiger partial charge is 0.0821 e. The predicted octanol–water partition coefficient (Wildman–Crippen LogP) is 3.69. The summed E-state index contributed by atoms with van der Waals surface area (Å²) in [6, 6.07) is 6.84. The van der Waals surface area contributed by atoms with Crippen molar-refractivity contribution >= 4 is 21.6 Å². The molecule has 0 amide bonds. The number of hydrogen-bond donors (Lipinski definition) is 2. The summed E-state index contributed by atoms with van der Waals surface area (Å²) >= 11 is 3.56. The molecule has 0 heterocycles. The number of nitrogens with one attached hydrogen (secondary N) is 1. The van der Waals surface area contributed by atoms with Crippen LogP contribution in [0.2, 0.25) is 0 Å². The largest absolute Gasteiger partial charge is 0.388 e. The summed E-state index contributed by atoms with van der Waals surface area (Å²) in [5.74, 6) is 0. The van der Waals surface area contributed by atoms with Crippen LogP contribution in [0.4, 0.5) is 5.69 Å². The average molecular weight is 355 g/mol. The first-order valence-electron chi connectivity index (χ1n) is 7.85. The highest BCUT2D eigenvalue weighted by atomic mass is 79.9. The van der Waals surface area contributed by atoms with Crippen LogP contribution in [0.1, 0.15) is 45.1 Å². The van der Waals surface area contributed by atoms with Gasteiger partial charge in [0.2, 0.25) is 0 Å². The van der Waals surface area contributed by atoms with Gasteiger partial charge in [-0.05, 0) is 36.6 Å². The Morgan fingerprint density at radius 3 is 2.62 bits per heavy atom. The molecule has 1 aliphatic carbocycles. The van der Waals surface area contributed by atoms with Gasteiger partial charge in [0.25, 0.3) is 0 Å². The third kappa shape index (κ3) is 4.70. The molecule has 0 radical (unpaired) electrons. The fourth-order valence-electron chi connectivity index (χ4n) is 3.10. The molecule has 3 nitrogen and oxygen atoms in total. The summed E-state index contributed by atoms with van der Waals surface area (Å²) in [6.45, 7) is 5.86. The lowest BCUT2D eigenvalue weighted by atomic mass is 10.0. The molecule has 1 aromatic rings. The Kier molecular flexibility index (Phi) is 5.69. The molecule has 4 heteroatoms. The van der Waals surface area contributed by atoms with Gasteiger partial charge in [-0.3, -0.25) is 0 Å². The second kappa shape index (κ2) is 7.12. The maximum atomic E-state index is 10.6. The van der Waals surface area contributed by atoms with E-state index >= 15 is 0 Å². The molecule has 1 aliphatic rings. The van der Waals surface area contributed by atoms with Gasteiger partial charge in [0, 0.05) is 36.3 Å². The van der Waals surface area contributed by atoms with E-state index in [-0.39, 0.29) is 0 Å². The van der Waals surface area contributed by atoms with Crippen LogP contribution in [-0.2, 0) is 6.54 Å². The molecule has 21 heavy (non-hydrogen) atoms. The second-order valence-corrected chi connectivity index (χ2v) is 7.51. The van der Waals surface area contributed by atoms with E-state index in [9.17, 15) is 5.11 Å². The van der Waals surface area contributed by atoms with Crippen molar-refractivity contribution in [1.29, 1.82) is 0 Å². The quantitative estimate of drug-likeness (QED) is 0.817. The molecule has 2 rings (SSSR count). The SMILES string of the molecule is CC(C)NCc1cc(Br)ccc1N(C)CC1(O)CCCC1. The van der Waals surface area contributed by atoms with Crippen molar-refractivity contribution in [3.05, 3.63) is 28.2 Å². The second-order valence-electron chi connectivity index (χ2n) is 6.60. The molecule has 0 aliphatic heterocycles. The Labute approximate surface area is 136 Å². The van der Waals surface area contributed by atoms with E-state index < -0.39 is 5.60 Å². The molecule has 0 unspecified atom stereocenters. The summed E-state index contributed by atoms with van der Waals surface area (Å²) < 4.78 is 1.10. The first-order chi connectivity index (χ1) is 9.89. The van der Waals surface area contributed by atoms with Gasteiger partial charge in [0.1, 0.15) is 0 Å². The highest BCUT2D eigenvalue weighted by molar-refractivity contribution is 9.10. The molecule has 1 saturated carbocycles. The van der Waals surface area contributed by atoms with Crippen LogP contribution < -0.4 is 10.2 Å². The van der Waals surface area contributed by atoms with E-state index in [0.717, 1.165) is 36.7 Å². The first kappa shape index (κ1) is 16.8. The third-order valence-electron chi connectivity index (χ3n) is 4.22. The van der Waals surface area contributed by atoms with E-state index in [2.05, 4.69) is 65.2 Å². The lowest BCUT2D eigenvalue weighted by molar-refractivity contribution is 0.0559. The lowest BCUT2D eigenvalue weighted by Gasteiger charge is -2.31. The van der Waals surface area contributed by atoms with E-state index in [0.29, 0.717) is 12.6 Å². The van der Waals surface area contributed by atoms with Gasteiger partial charge >= 0.3 is 0 Å². The molecule has 0 aromatic heterocycles. The van der Waals surface area contributed by atoms with Crippen molar-refractivity contribution in [1.82, 2.24) is 5.32 Å². The number of halogens is 1. The topological polar surface area (TPSA) is 35.5 Å². The molecular weight excluding hydrogens is 328 g/mol. The average Bonchev–Trinajstić information content (AvgIpc) is 2.82. The Morgan fingerprint density at radius 1 is 1.33 bits per heavy atom. The van der Waals surface area contributed by atoms with Gasteiger partial charge in [-0.15, -0.1) is 0 Å². The fourth-order valence-corrected chi connectivity index (χ4v) is 3.51. The van der Waals surface area contributed by atoms with Gasteiger partial charge in [0.05, 0.1) is 5.60 Å². The van der Waals surface area contributed by atoms with Crippen molar-refractivity contribution in [3.8, 4) is 0 Å². The third-order valence-corrected chi connectivity index (χ3v) is 4.71. The number of hydrogen-bond acceptors (Lipinski definition) is 3. The number of rotatable bonds is 6. The van der Waals surface area contributed by atoms with E-state index in [1.807, 2.05) is 0 Å². The molecule has 1 fully saturated rings. The van der Waals surface area contributed by atoms with Crippen molar-refractivity contribution in [3.63, 3.8) is 0 Å². The van der Waals surface area contributed by atoms with Gasteiger partial charge < -0.3 is 15.3 Å². The normalized spacial score (nSPS) is 17.4. The Hall–Kier alpha value is -0.580. The lowest BCUT2D eigenvalue weighted by Crippen LogP contribution is -2.39. The monoisotopic (exact) mass is 354 g/mol. The maximum Gasteiger partial charge on any atom is 0.0821 e. The highest BCUT2D eigenvalue weighted by Gasteiger charge is 2.32. The van der Waals surface area contributed by atoms with E-state index in [1.165, 1.54) is 11.3 Å². The summed E-state index contributed by atoms with van der Waals surface area (Å²) in [5.41, 5.74) is 1.96. The Morgan fingerprint density at radius 2 is 2.00 bits per heavy atom. The van der Waals surface area contributed by atoms with Crippen LogP contribution in [0.25, 0.3) is 0 Å². The predicted molar refractivity (Wildman–Crippen MR) is 92.8 cm³/mol. The molecule has 0 saturated heterocycles. The maximum absolute atomic E-state index is 10.6. The molecule has 0 bridgehead atoms. The van der Waals surface area contributed by atoms with Crippen molar-refractivity contribution in [2.24, 2.45) is 0 Å². The van der Waals surface area contributed by atoms with Crippen LogP contribution in [0.15, 0.2) is 22.7 Å². The van der Waals surface area contributed by atoms with Crippen LogP contribution in [0, 0.1) is 0 Å². The number of likely N-dealkylation sites (N-methyl/N-ethyl adjacent to an activating group) is 1. The minimum atomic E-state index is -0.509. The molecule has 0 spiro atoms. The zero-order valence-electron chi connectivity index (χ0n) is 13.3. The minimum absolute atomic E-state index is 0.459. The summed E-state index contributed by atoms with van der Waals surface area (Å²) in [4.78, 5) is 2.20. The summed E-state index contributed by atoms with van der Waals surface area (Å²) in [5, 5.41) is 14.1. The Bertz CT molecular complexity index is 470. The molecule has 0 atom stereocenters. The van der Waals surface area contributed by atoms with Crippen LogP contribution in [0.5, 0.6) is 0 Å². The number of benzene rings is 1. The minimum Gasteiger partial charge on any atom is -0.388 e. The van der Waals surface area contributed by atoms with Crippen molar-refractivity contribution in [2.75, 3.05) is 18.5 Å². The van der Waals surface area contributed by atoms with Gasteiger partial charge in [-0.2, -0.15) is 0 Å². The van der Waals surface area contributed by atoms with Gasteiger partial charge in [-0.25, -0.2) is 0 Å². The van der Waals surface area contributed by atoms with Gasteiger partial charge in [0.15, 0.2) is 0 Å². The van der Waals surface area contributed by atoms with Crippen LogP contribution >= 0.6 is 15.9 Å². The molecule has 1 aromatic carbocycles. The number of aliphatic hydroxyl groups is 1. The number of nitrogens with zero attached hydrogens (tertiary/aromatic N) is 1. The molecule has 2 N–H and O–H groups in total. The first-order valence-corrected chi connectivity index (χ1v) is 8.64. The molecular formula is C17H27BrN2O. The zero-order valence-corrected chi connectivity index (χ0v) is 14.9. The van der Waals surface area contributed by atoms with Crippen LogP contribution in [-0.4, -0.2) is 30.3 Å². The molecule has 118 valence electrons. The highest BCUT2D eigenvalue weighted by Crippen LogP contribution is 2.32. The zero-order chi connectivity index (χ0) is 15.5. The van der Waals surface area contributed by atoms with E-state index in [1.54, 1.807) is 0 Å². The Balaban J connectivity index is 2.13. The fraction of sp³-hybridized carbons (Fsp3) is 0.647. The number of anilines is 1. The standard InChI is InChI=1S/C17H27BrN2O/c1-13(2)19-11-14-10-15(18)6-7-16(14)20(3)12-17(21)8-4-5-9-17/h6-7,10,13,19,21H,4-5,8-9,11-12H2,1-3H3.